The monoisotopic (exact) mass is 376 g/mol. The predicted octanol–water partition coefficient (Wildman–Crippen LogP) is 8.66. The Kier molecular flexibility index (Phi) is 14.5. The largest absolute Gasteiger partial charge is 0.332 e. The molecule has 0 saturated heterocycles. The second-order valence-corrected chi connectivity index (χ2v) is 9.19. The molecule has 0 saturated carbocycles. The molecule has 0 amide bonds. The Bertz CT molecular complexity index is 408. The molecule has 1 aromatic rings. The van der Waals surface area contributed by atoms with Crippen LogP contribution in [0.4, 0.5) is 0 Å². The summed E-state index contributed by atoms with van der Waals surface area (Å²) in [4.78, 5) is 4.18. The molecule has 0 radical (unpaired) electrons. The molecule has 0 spiro atoms. The van der Waals surface area contributed by atoms with Crippen LogP contribution in [0.3, 0.4) is 0 Å². The minimum absolute atomic E-state index is 0.214. The molecule has 0 N–H and O–H groups in total. The highest BCUT2D eigenvalue weighted by atomic mass is 15.1. The first-order valence-electron chi connectivity index (χ1n) is 12.2. The van der Waals surface area contributed by atoms with Crippen molar-refractivity contribution in [1.29, 1.82) is 0 Å². The van der Waals surface area contributed by atoms with Gasteiger partial charge in [0.2, 0.25) is 0 Å². The van der Waals surface area contributed by atoms with Crippen LogP contribution in [0, 0.1) is 0 Å². The van der Waals surface area contributed by atoms with Gasteiger partial charge in [0.15, 0.2) is 0 Å². The van der Waals surface area contributed by atoms with E-state index in [-0.39, 0.29) is 5.54 Å². The van der Waals surface area contributed by atoms with Crippen LogP contribution in [0.15, 0.2) is 18.7 Å². The lowest BCUT2D eigenvalue weighted by Crippen LogP contribution is -2.24. The first-order valence-corrected chi connectivity index (χ1v) is 12.2. The summed E-state index contributed by atoms with van der Waals surface area (Å²) in [6.45, 7) is 6.94. The molecule has 1 rings (SSSR count). The lowest BCUT2D eigenvalue weighted by Gasteiger charge is -2.26. The van der Waals surface area contributed by atoms with Crippen molar-refractivity contribution in [1.82, 2.24) is 9.55 Å². The summed E-state index contributed by atoms with van der Waals surface area (Å²) in [6, 6.07) is 0. The molecule has 0 unspecified atom stereocenters. The molecule has 2 heteroatoms. The lowest BCUT2D eigenvalue weighted by atomic mass is 9.95. The summed E-state index contributed by atoms with van der Waals surface area (Å²) in [7, 11) is 0. The Hall–Kier alpha value is -0.790. The van der Waals surface area contributed by atoms with Crippen molar-refractivity contribution in [2.24, 2.45) is 0 Å². The maximum atomic E-state index is 4.18. The lowest BCUT2D eigenvalue weighted by molar-refractivity contribution is 0.312. The van der Waals surface area contributed by atoms with Gasteiger partial charge in [-0.1, -0.05) is 116 Å². The SMILES string of the molecule is CCCCCCCCCCCCCCCCCCCC(C)(C)n1ccnc1. The van der Waals surface area contributed by atoms with E-state index in [4.69, 9.17) is 0 Å². The van der Waals surface area contributed by atoms with E-state index in [0.29, 0.717) is 0 Å². The van der Waals surface area contributed by atoms with E-state index in [9.17, 15) is 0 Å². The third-order valence-electron chi connectivity index (χ3n) is 6.10. The van der Waals surface area contributed by atoms with Gasteiger partial charge in [0.1, 0.15) is 0 Å². The summed E-state index contributed by atoms with van der Waals surface area (Å²) in [5.41, 5.74) is 0.214. The number of nitrogens with zero attached hydrogens (tertiary/aromatic N) is 2. The molecular weight excluding hydrogens is 328 g/mol. The van der Waals surface area contributed by atoms with Crippen molar-refractivity contribution in [3.8, 4) is 0 Å². The second kappa shape index (κ2) is 16.2. The molecule has 2 nitrogen and oxygen atoms in total. The topological polar surface area (TPSA) is 17.8 Å². The molecule has 158 valence electrons. The van der Waals surface area contributed by atoms with Crippen molar-refractivity contribution in [3.05, 3.63) is 18.7 Å². The van der Waals surface area contributed by atoms with Crippen LogP contribution in [0.2, 0.25) is 0 Å². The van der Waals surface area contributed by atoms with Crippen LogP contribution in [0.25, 0.3) is 0 Å². The first kappa shape index (κ1) is 24.2. The smallest absolute Gasteiger partial charge is 0.0950 e. The Labute approximate surface area is 170 Å². The van der Waals surface area contributed by atoms with Gasteiger partial charge in [0.25, 0.3) is 0 Å². The van der Waals surface area contributed by atoms with Crippen LogP contribution in [-0.4, -0.2) is 9.55 Å². The van der Waals surface area contributed by atoms with E-state index in [2.05, 4.69) is 36.5 Å². The van der Waals surface area contributed by atoms with Crippen molar-refractivity contribution in [2.45, 2.75) is 142 Å². The maximum Gasteiger partial charge on any atom is 0.0950 e. The fourth-order valence-electron chi connectivity index (χ4n) is 4.03. The summed E-state index contributed by atoms with van der Waals surface area (Å²) in [5, 5.41) is 0. The van der Waals surface area contributed by atoms with Gasteiger partial charge in [0, 0.05) is 17.9 Å². The standard InChI is InChI=1S/C25H48N2/c1-4-5-6-7-8-9-10-11-12-13-14-15-16-17-18-19-20-21-25(2,3)27-23-22-26-24-27/h22-24H,4-21H2,1-3H3. The van der Waals surface area contributed by atoms with Gasteiger partial charge in [0.05, 0.1) is 6.33 Å². The number of imidazole rings is 1. The molecule has 27 heavy (non-hydrogen) atoms. The molecule has 1 aromatic heterocycles. The van der Waals surface area contributed by atoms with Crippen molar-refractivity contribution >= 4 is 0 Å². The number of aromatic nitrogens is 2. The Balaban J connectivity index is 1.77. The highest BCUT2D eigenvalue weighted by molar-refractivity contribution is 4.85. The number of hydrogen-bond donors (Lipinski definition) is 0. The third kappa shape index (κ3) is 13.1. The third-order valence-corrected chi connectivity index (χ3v) is 6.10. The van der Waals surface area contributed by atoms with Crippen LogP contribution >= 0.6 is 0 Å². The highest BCUT2D eigenvalue weighted by Crippen LogP contribution is 2.23. The molecule has 0 atom stereocenters. The van der Waals surface area contributed by atoms with E-state index >= 15 is 0 Å². The van der Waals surface area contributed by atoms with Gasteiger partial charge in [-0.05, 0) is 20.3 Å². The highest BCUT2D eigenvalue weighted by Gasteiger charge is 2.18. The van der Waals surface area contributed by atoms with Crippen molar-refractivity contribution < 1.29 is 0 Å². The Morgan fingerprint density at radius 3 is 1.41 bits per heavy atom. The minimum atomic E-state index is 0.214. The molecular formula is C25H48N2. The summed E-state index contributed by atoms with van der Waals surface area (Å²) >= 11 is 0. The molecule has 1 heterocycles. The van der Waals surface area contributed by atoms with Gasteiger partial charge >= 0.3 is 0 Å². The zero-order chi connectivity index (χ0) is 19.6. The Morgan fingerprint density at radius 1 is 0.630 bits per heavy atom. The van der Waals surface area contributed by atoms with Crippen molar-refractivity contribution in [3.63, 3.8) is 0 Å². The quantitative estimate of drug-likeness (QED) is 0.221. The second-order valence-electron chi connectivity index (χ2n) is 9.19. The fraction of sp³-hybridized carbons (Fsp3) is 0.880. The van der Waals surface area contributed by atoms with Crippen LogP contribution in [0.1, 0.15) is 136 Å². The van der Waals surface area contributed by atoms with Gasteiger partial charge < -0.3 is 4.57 Å². The van der Waals surface area contributed by atoms with E-state index in [1.807, 2.05) is 12.5 Å². The zero-order valence-corrected chi connectivity index (χ0v) is 18.9. The average molecular weight is 377 g/mol. The average Bonchev–Trinajstić information content (AvgIpc) is 3.20. The number of hydrogen-bond acceptors (Lipinski definition) is 1. The van der Waals surface area contributed by atoms with Gasteiger partial charge in [-0.15, -0.1) is 0 Å². The molecule has 0 aliphatic rings. The van der Waals surface area contributed by atoms with Crippen LogP contribution < -0.4 is 0 Å². The van der Waals surface area contributed by atoms with Crippen molar-refractivity contribution in [2.75, 3.05) is 0 Å². The van der Waals surface area contributed by atoms with E-state index < -0.39 is 0 Å². The number of unbranched alkanes of at least 4 members (excludes halogenated alkanes) is 16. The summed E-state index contributed by atoms with van der Waals surface area (Å²) in [6.07, 6.45) is 31.7. The molecule has 0 bridgehead atoms. The summed E-state index contributed by atoms with van der Waals surface area (Å²) < 4.78 is 2.25. The number of rotatable bonds is 19. The first-order chi connectivity index (χ1) is 13.2. The van der Waals surface area contributed by atoms with Crippen LogP contribution in [-0.2, 0) is 5.54 Å². The predicted molar refractivity (Wildman–Crippen MR) is 120 cm³/mol. The van der Waals surface area contributed by atoms with E-state index in [0.717, 1.165) is 0 Å². The minimum Gasteiger partial charge on any atom is -0.332 e. The fourth-order valence-corrected chi connectivity index (χ4v) is 4.03. The van der Waals surface area contributed by atoms with Gasteiger partial charge in [-0.3, -0.25) is 0 Å². The molecule has 0 aliphatic heterocycles. The summed E-state index contributed by atoms with van der Waals surface area (Å²) in [5.74, 6) is 0. The Morgan fingerprint density at radius 2 is 1.04 bits per heavy atom. The maximum absolute atomic E-state index is 4.18. The molecule has 0 aliphatic carbocycles. The van der Waals surface area contributed by atoms with Gasteiger partial charge in [-0.25, -0.2) is 4.98 Å². The van der Waals surface area contributed by atoms with E-state index in [1.54, 1.807) is 0 Å². The van der Waals surface area contributed by atoms with Crippen LogP contribution in [0.5, 0.6) is 0 Å². The van der Waals surface area contributed by atoms with E-state index in [1.165, 1.54) is 116 Å². The normalized spacial score (nSPS) is 12.0. The molecule has 0 aromatic carbocycles. The van der Waals surface area contributed by atoms with Gasteiger partial charge in [-0.2, -0.15) is 0 Å². The zero-order valence-electron chi connectivity index (χ0n) is 18.9. The molecule has 0 fully saturated rings.